The molecule has 1 heterocycles. The topological polar surface area (TPSA) is 57.6 Å². The normalized spacial score (nSPS) is 19.4. The van der Waals surface area contributed by atoms with Crippen LogP contribution in [-0.4, -0.2) is 36.4 Å². The van der Waals surface area contributed by atoms with Gasteiger partial charge in [0, 0.05) is 13.0 Å². The smallest absolute Gasteiger partial charge is 0.254 e. The lowest BCUT2D eigenvalue weighted by molar-refractivity contribution is -0.143. The molecule has 2 amide bonds. The van der Waals surface area contributed by atoms with Crippen molar-refractivity contribution in [2.75, 3.05) is 13.2 Å². The minimum atomic E-state index is -0.414. The van der Waals surface area contributed by atoms with Crippen LogP contribution in [0.3, 0.4) is 0 Å². The number of amides is 2. The minimum absolute atomic E-state index is 0.160. The molecule has 0 aromatic carbocycles. The highest BCUT2D eigenvalue weighted by molar-refractivity contribution is 5.97. The summed E-state index contributed by atoms with van der Waals surface area (Å²) in [6.45, 7) is 0.146. The second kappa shape index (κ2) is 2.79. The van der Waals surface area contributed by atoms with Gasteiger partial charge in [0.25, 0.3) is 5.91 Å². The zero-order valence-corrected chi connectivity index (χ0v) is 5.50. The summed E-state index contributed by atoms with van der Waals surface area (Å²) in [6, 6.07) is 0. The van der Waals surface area contributed by atoms with Crippen LogP contribution in [0.5, 0.6) is 0 Å². The van der Waals surface area contributed by atoms with Crippen LogP contribution < -0.4 is 0 Å². The van der Waals surface area contributed by atoms with Crippen molar-refractivity contribution in [3.05, 3.63) is 0 Å². The largest absolute Gasteiger partial charge is 0.387 e. The fourth-order valence-electron chi connectivity index (χ4n) is 0.990. The Bertz CT molecular complexity index is 183. The number of nitrogens with zero attached hydrogens (tertiary/aromatic N) is 1. The molecule has 0 radical (unpaired) electrons. The third kappa shape index (κ3) is 1.16. The third-order valence-corrected chi connectivity index (χ3v) is 1.50. The highest BCUT2D eigenvalue weighted by Crippen LogP contribution is 2.08. The molecular formula is C6H9NO3. The van der Waals surface area contributed by atoms with Gasteiger partial charge >= 0.3 is 0 Å². The molecule has 1 aliphatic rings. The molecule has 10 heavy (non-hydrogen) atoms. The predicted molar refractivity (Wildman–Crippen MR) is 33.0 cm³/mol. The van der Waals surface area contributed by atoms with Gasteiger partial charge in [-0.3, -0.25) is 14.5 Å². The van der Waals surface area contributed by atoms with E-state index in [4.69, 9.17) is 1.43 Å². The van der Waals surface area contributed by atoms with Gasteiger partial charge in [0.15, 0.2) is 0 Å². The Balaban J connectivity index is 2.46. The Morgan fingerprint density at radius 1 is 1.90 bits per heavy atom. The van der Waals surface area contributed by atoms with Gasteiger partial charge in [-0.2, -0.15) is 0 Å². The van der Waals surface area contributed by atoms with Gasteiger partial charge < -0.3 is 5.11 Å². The highest BCUT2D eigenvalue weighted by atomic mass is 16.3. The molecule has 0 atom stereocenters. The molecule has 1 N–H and O–H groups in total. The quantitative estimate of drug-likeness (QED) is 0.548. The standard InChI is InChI=1S/C6H9NO3/c8-4-6(10)7-3-1-2-5(7)9/h8H,1-4H2/i8D. The first kappa shape index (κ1) is 5.85. The van der Waals surface area contributed by atoms with Gasteiger partial charge in [0.1, 0.15) is 6.61 Å². The number of aliphatic hydroxyl groups excluding tert-OH is 1. The van der Waals surface area contributed by atoms with Gasteiger partial charge in [-0.25, -0.2) is 0 Å². The SMILES string of the molecule is [2H]OCC(=O)N1CCCC1=O. The van der Waals surface area contributed by atoms with Crippen molar-refractivity contribution in [2.45, 2.75) is 12.8 Å². The van der Waals surface area contributed by atoms with E-state index < -0.39 is 5.91 Å². The summed E-state index contributed by atoms with van der Waals surface area (Å²) in [5, 5.41) is 3.87. The van der Waals surface area contributed by atoms with Crippen molar-refractivity contribution >= 4 is 11.8 Å². The molecule has 0 unspecified atom stereocenters. The maximum Gasteiger partial charge on any atom is 0.254 e. The number of imide groups is 1. The van der Waals surface area contributed by atoms with Crippen LogP contribution in [0, 0.1) is 0 Å². The van der Waals surface area contributed by atoms with E-state index in [9.17, 15) is 9.59 Å². The summed E-state index contributed by atoms with van der Waals surface area (Å²) in [7, 11) is 0. The Morgan fingerprint density at radius 2 is 2.70 bits per heavy atom. The second-order valence-corrected chi connectivity index (χ2v) is 2.19. The predicted octanol–water partition coefficient (Wildman–Crippen LogP) is -0.872. The van der Waals surface area contributed by atoms with E-state index in [1.54, 1.807) is 0 Å². The molecule has 0 bridgehead atoms. The molecule has 0 aromatic rings. The van der Waals surface area contributed by atoms with Crippen LogP contribution >= 0.6 is 0 Å². The van der Waals surface area contributed by atoms with Crippen molar-refractivity contribution in [3.63, 3.8) is 0 Å². The summed E-state index contributed by atoms with van der Waals surface area (Å²) >= 11 is 0. The lowest BCUT2D eigenvalue weighted by Crippen LogP contribution is -2.33. The molecule has 4 nitrogen and oxygen atoms in total. The Kier molecular flexibility index (Phi) is 1.63. The van der Waals surface area contributed by atoms with Crippen molar-refractivity contribution < 1.29 is 14.7 Å². The van der Waals surface area contributed by atoms with Crippen LogP contribution in [0.4, 0.5) is 0 Å². The Labute approximate surface area is 59.9 Å². The zero-order valence-electron chi connectivity index (χ0n) is 6.50. The number of hydrogen-bond donors (Lipinski definition) is 1. The summed E-state index contributed by atoms with van der Waals surface area (Å²) in [5.74, 6) is -0.574. The molecule has 1 aliphatic heterocycles. The van der Waals surface area contributed by atoms with Crippen LogP contribution in [0.2, 0.25) is 0 Å². The molecule has 1 saturated heterocycles. The number of carbonyl (C=O) groups excluding carboxylic acids is 2. The number of rotatable bonds is 2. The zero-order chi connectivity index (χ0) is 8.27. The van der Waals surface area contributed by atoms with Crippen molar-refractivity contribution in [1.82, 2.24) is 4.90 Å². The average Bonchev–Trinajstić information content (AvgIpc) is 2.36. The van der Waals surface area contributed by atoms with Gasteiger partial charge in [-0.05, 0) is 6.42 Å². The lowest BCUT2D eigenvalue weighted by atomic mass is 10.4. The van der Waals surface area contributed by atoms with Gasteiger partial charge in [-0.15, -0.1) is 0 Å². The molecule has 0 saturated carbocycles. The number of hydrogen-bond acceptors (Lipinski definition) is 3. The first-order chi connectivity index (χ1) is 5.25. The minimum Gasteiger partial charge on any atom is -0.387 e. The first-order valence-electron chi connectivity index (χ1n) is 3.58. The molecule has 0 spiro atoms. The molecule has 0 aromatic heterocycles. The average molecular weight is 144 g/mol. The van der Waals surface area contributed by atoms with E-state index in [-0.39, 0.29) is 12.5 Å². The molecular weight excluding hydrogens is 134 g/mol. The molecule has 1 fully saturated rings. The highest BCUT2D eigenvalue weighted by Gasteiger charge is 2.25. The summed E-state index contributed by atoms with van der Waals surface area (Å²) in [4.78, 5) is 22.9. The summed E-state index contributed by atoms with van der Waals surface area (Å²) < 4.78 is 6.30. The summed E-state index contributed by atoms with van der Waals surface area (Å²) in [5.41, 5.74) is 0. The Hall–Kier alpha value is -0.900. The van der Waals surface area contributed by atoms with Gasteiger partial charge in [-0.1, -0.05) is 0 Å². The molecule has 1 rings (SSSR count). The van der Waals surface area contributed by atoms with Crippen molar-refractivity contribution in [3.8, 4) is 0 Å². The fraction of sp³-hybridized carbons (Fsp3) is 0.667. The maximum atomic E-state index is 10.9. The Morgan fingerprint density at radius 3 is 3.20 bits per heavy atom. The first-order valence-corrected chi connectivity index (χ1v) is 3.17. The fourth-order valence-corrected chi connectivity index (χ4v) is 0.990. The third-order valence-electron chi connectivity index (χ3n) is 1.50. The van der Waals surface area contributed by atoms with Crippen LogP contribution in [0.15, 0.2) is 0 Å². The van der Waals surface area contributed by atoms with Crippen molar-refractivity contribution in [1.29, 1.82) is 1.43 Å². The van der Waals surface area contributed by atoms with E-state index in [1.165, 1.54) is 0 Å². The van der Waals surface area contributed by atoms with Crippen LogP contribution in [0.25, 0.3) is 0 Å². The maximum absolute atomic E-state index is 10.9. The van der Waals surface area contributed by atoms with Gasteiger partial charge in [0.05, 0.1) is 0 Å². The van der Waals surface area contributed by atoms with Crippen molar-refractivity contribution in [2.24, 2.45) is 0 Å². The van der Waals surface area contributed by atoms with E-state index in [0.29, 0.717) is 13.0 Å². The number of carbonyl (C=O) groups is 2. The van der Waals surface area contributed by atoms with Crippen LogP contribution in [0.1, 0.15) is 12.8 Å². The second-order valence-electron chi connectivity index (χ2n) is 2.19. The monoisotopic (exact) mass is 144 g/mol. The van der Waals surface area contributed by atoms with E-state index >= 15 is 0 Å². The molecule has 4 heteroatoms. The number of likely N-dealkylation sites (tertiary alicyclic amines) is 1. The van der Waals surface area contributed by atoms with Gasteiger partial charge in [0.2, 0.25) is 7.34 Å². The van der Waals surface area contributed by atoms with E-state index in [0.717, 1.165) is 11.3 Å². The number of aliphatic hydroxyl groups is 1. The summed E-state index contributed by atoms with van der Waals surface area (Å²) in [6.07, 6.45) is 1.16. The lowest BCUT2D eigenvalue weighted by Gasteiger charge is -2.10. The van der Waals surface area contributed by atoms with E-state index in [2.05, 4.69) is 5.11 Å². The van der Waals surface area contributed by atoms with Crippen LogP contribution in [-0.2, 0) is 9.59 Å². The molecule has 0 aliphatic carbocycles. The molecule has 56 valence electrons. The van der Waals surface area contributed by atoms with E-state index in [1.807, 2.05) is 0 Å².